The van der Waals surface area contributed by atoms with Crippen molar-refractivity contribution in [1.29, 1.82) is 0 Å². The topological polar surface area (TPSA) is 80.9 Å². The fraction of sp³-hybridized carbons (Fsp3) is 0. The van der Waals surface area contributed by atoms with Gasteiger partial charge in [0, 0.05) is 23.3 Å². The van der Waals surface area contributed by atoms with Gasteiger partial charge in [0.15, 0.2) is 0 Å². The van der Waals surface area contributed by atoms with E-state index in [-0.39, 0.29) is 5.91 Å². The summed E-state index contributed by atoms with van der Waals surface area (Å²) < 4.78 is 0. The van der Waals surface area contributed by atoms with E-state index in [9.17, 15) is 4.79 Å². The molecule has 104 valence electrons. The number of nitrogens with two attached hydrogens (primary N) is 1. The van der Waals surface area contributed by atoms with Crippen LogP contribution in [0.4, 0.5) is 11.5 Å². The largest absolute Gasteiger partial charge is 0.384 e. The van der Waals surface area contributed by atoms with Crippen LogP contribution >= 0.6 is 11.6 Å². The summed E-state index contributed by atoms with van der Waals surface area (Å²) in [5, 5.41) is 4.18. The molecular weight excluding hydrogens is 288 g/mol. The second-order valence-electron chi connectivity index (χ2n) is 4.42. The van der Waals surface area contributed by atoms with Crippen LogP contribution < -0.4 is 11.1 Å². The molecule has 3 aromatic rings. The van der Waals surface area contributed by atoms with Gasteiger partial charge in [-0.25, -0.2) is 4.98 Å². The van der Waals surface area contributed by atoms with Crippen LogP contribution in [0.15, 0.2) is 48.8 Å². The lowest BCUT2D eigenvalue weighted by Gasteiger charge is -2.09. The van der Waals surface area contributed by atoms with E-state index in [0.29, 0.717) is 27.6 Å². The van der Waals surface area contributed by atoms with Gasteiger partial charge < -0.3 is 11.1 Å². The van der Waals surface area contributed by atoms with Gasteiger partial charge in [0.05, 0.1) is 16.2 Å². The molecular formula is C15H11ClN4O. The Labute approximate surface area is 125 Å². The zero-order valence-electron chi connectivity index (χ0n) is 10.9. The Morgan fingerprint density at radius 3 is 2.81 bits per heavy atom. The Morgan fingerprint density at radius 2 is 2.00 bits per heavy atom. The molecule has 2 aromatic heterocycles. The molecule has 0 bridgehead atoms. The molecule has 0 atom stereocenters. The number of halogens is 1. The molecule has 0 unspecified atom stereocenters. The van der Waals surface area contributed by atoms with Crippen molar-refractivity contribution in [2.24, 2.45) is 0 Å². The van der Waals surface area contributed by atoms with Crippen molar-refractivity contribution >= 4 is 39.9 Å². The summed E-state index contributed by atoms with van der Waals surface area (Å²) in [7, 11) is 0. The third-order valence-corrected chi connectivity index (χ3v) is 3.34. The first-order valence-electron chi connectivity index (χ1n) is 6.21. The van der Waals surface area contributed by atoms with Gasteiger partial charge in [-0.1, -0.05) is 11.6 Å². The van der Waals surface area contributed by atoms with Crippen molar-refractivity contribution in [2.75, 3.05) is 11.1 Å². The van der Waals surface area contributed by atoms with Crippen LogP contribution in [0.3, 0.4) is 0 Å². The number of nitrogens with one attached hydrogen (secondary N) is 1. The lowest BCUT2D eigenvalue weighted by Crippen LogP contribution is -2.13. The molecule has 0 aliphatic heterocycles. The maximum atomic E-state index is 12.2. The minimum atomic E-state index is -0.279. The third-order valence-electron chi connectivity index (χ3n) is 3.01. The molecule has 0 spiro atoms. The van der Waals surface area contributed by atoms with E-state index >= 15 is 0 Å². The lowest BCUT2D eigenvalue weighted by atomic mass is 10.1. The standard InChI is InChI=1S/C15H11ClN4O/c16-11-3-4-12(14-10(11)2-1-6-19-14)20-15(21)9-5-7-18-13(17)8-9/h1-8H,(H2,17,18)(H,20,21). The first kappa shape index (κ1) is 13.3. The van der Waals surface area contributed by atoms with Gasteiger partial charge >= 0.3 is 0 Å². The average Bonchev–Trinajstić information content (AvgIpc) is 2.50. The number of fused-ring (bicyclic) bond motifs is 1. The molecule has 0 fully saturated rings. The molecule has 1 aromatic carbocycles. The van der Waals surface area contributed by atoms with Crippen molar-refractivity contribution in [3.05, 3.63) is 59.4 Å². The molecule has 3 rings (SSSR count). The Balaban J connectivity index is 1.99. The van der Waals surface area contributed by atoms with Crippen LogP contribution in [-0.2, 0) is 0 Å². The van der Waals surface area contributed by atoms with E-state index < -0.39 is 0 Å². The average molecular weight is 299 g/mol. The van der Waals surface area contributed by atoms with Crippen molar-refractivity contribution in [2.45, 2.75) is 0 Å². The number of carbonyl (C=O) groups is 1. The highest BCUT2D eigenvalue weighted by molar-refractivity contribution is 6.36. The summed E-state index contributed by atoms with van der Waals surface area (Å²) in [4.78, 5) is 20.4. The number of rotatable bonds is 2. The summed E-state index contributed by atoms with van der Waals surface area (Å²) >= 11 is 6.13. The SMILES string of the molecule is Nc1cc(C(=O)Nc2ccc(Cl)c3cccnc23)ccn1. The number of hydrogen-bond donors (Lipinski definition) is 2. The number of nitrogens with zero attached hydrogens (tertiary/aromatic N) is 2. The second-order valence-corrected chi connectivity index (χ2v) is 4.83. The molecule has 2 heterocycles. The number of hydrogen-bond acceptors (Lipinski definition) is 4. The van der Waals surface area contributed by atoms with Gasteiger partial charge in [-0.05, 0) is 36.4 Å². The molecule has 6 heteroatoms. The number of aromatic nitrogens is 2. The predicted molar refractivity (Wildman–Crippen MR) is 83.4 cm³/mol. The highest BCUT2D eigenvalue weighted by Crippen LogP contribution is 2.28. The zero-order valence-corrected chi connectivity index (χ0v) is 11.6. The van der Waals surface area contributed by atoms with Crippen LogP contribution in [0.5, 0.6) is 0 Å². The highest BCUT2D eigenvalue weighted by Gasteiger charge is 2.11. The van der Waals surface area contributed by atoms with Crippen molar-refractivity contribution < 1.29 is 4.79 Å². The van der Waals surface area contributed by atoms with Crippen molar-refractivity contribution in [1.82, 2.24) is 9.97 Å². The number of nitrogen functional groups attached to an aromatic ring is 1. The van der Waals surface area contributed by atoms with Gasteiger partial charge in [-0.2, -0.15) is 0 Å². The third kappa shape index (κ3) is 2.64. The minimum Gasteiger partial charge on any atom is -0.384 e. The molecule has 0 saturated heterocycles. The molecule has 0 aliphatic carbocycles. The molecule has 5 nitrogen and oxygen atoms in total. The van der Waals surface area contributed by atoms with E-state index in [2.05, 4.69) is 15.3 Å². The summed E-state index contributed by atoms with van der Waals surface area (Å²) in [6, 6.07) is 10.2. The molecule has 0 saturated carbocycles. The number of carbonyl (C=O) groups excluding carboxylic acids is 1. The number of amides is 1. The fourth-order valence-electron chi connectivity index (χ4n) is 2.02. The number of benzene rings is 1. The molecule has 0 radical (unpaired) electrons. The van der Waals surface area contributed by atoms with Gasteiger partial charge in [0.1, 0.15) is 5.82 Å². The van der Waals surface area contributed by atoms with E-state index in [1.54, 1.807) is 30.5 Å². The Kier molecular flexibility index (Phi) is 3.41. The predicted octanol–water partition coefficient (Wildman–Crippen LogP) is 3.12. The number of anilines is 2. The smallest absolute Gasteiger partial charge is 0.255 e. The fourth-order valence-corrected chi connectivity index (χ4v) is 2.24. The zero-order chi connectivity index (χ0) is 14.8. The number of pyridine rings is 2. The molecule has 1 amide bonds. The lowest BCUT2D eigenvalue weighted by molar-refractivity contribution is 0.102. The van der Waals surface area contributed by atoms with E-state index in [1.807, 2.05) is 6.07 Å². The summed E-state index contributed by atoms with van der Waals surface area (Å²) in [5.74, 6) is 0.0140. The molecule has 0 aliphatic rings. The van der Waals surface area contributed by atoms with Gasteiger partial charge in [-0.15, -0.1) is 0 Å². The first-order chi connectivity index (χ1) is 10.1. The monoisotopic (exact) mass is 298 g/mol. The summed E-state index contributed by atoms with van der Waals surface area (Å²) in [5.41, 5.74) is 7.24. The van der Waals surface area contributed by atoms with Crippen LogP contribution in [0.1, 0.15) is 10.4 Å². The van der Waals surface area contributed by atoms with Gasteiger partial charge in [-0.3, -0.25) is 9.78 Å². The quantitative estimate of drug-likeness (QED) is 0.761. The Bertz CT molecular complexity index is 835. The van der Waals surface area contributed by atoms with E-state index in [1.165, 1.54) is 12.3 Å². The van der Waals surface area contributed by atoms with Crippen LogP contribution in [0.2, 0.25) is 5.02 Å². The van der Waals surface area contributed by atoms with Gasteiger partial charge in [0.25, 0.3) is 5.91 Å². The summed E-state index contributed by atoms with van der Waals surface area (Å²) in [6.45, 7) is 0. The summed E-state index contributed by atoms with van der Waals surface area (Å²) in [6.07, 6.45) is 3.14. The van der Waals surface area contributed by atoms with E-state index in [4.69, 9.17) is 17.3 Å². The normalized spacial score (nSPS) is 10.5. The highest BCUT2D eigenvalue weighted by atomic mass is 35.5. The van der Waals surface area contributed by atoms with Crippen LogP contribution in [-0.4, -0.2) is 15.9 Å². The molecule has 21 heavy (non-hydrogen) atoms. The Morgan fingerprint density at radius 1 is 1.14 bits per heavy atom. The maximum absolute atomic E-state index is 12.2. The first-order valence-corrected chi connectivity index (χ1v) is 6.59. The minimum absolute atomic E-state index is 0.279. The van der Waals surface area contributed by atoms with Crippen LogP contribution in [0, 0.1) is 0 Å². The maximum Gasteiger partial charge on any atom is 0.255 e. The van der Waals surface area contributed by atoms with Crippen molar-refractivity contribution in [3.63, 3.8) is 0 Å². The Hall–Kier alpha value is -2.66. The van der Waals surface area contributed by atoms with Gasteiger partial charge in [0.2, 0.25) is 0 Å². The molecule has 3 N–H and O–H groups in total. The van der Waals surface area contributed by atoms with E-state index in [0.717, 1.165) is 5.39 Å². The second kappa shape index (κ2) is 5.38. The van der Waals surface area contributed by atoms with Crippen LogP contribution in [0.25, 0.3) is 10.9 Å². The van der Waals surface area contributed by atoms with Crippen molar-refractivity contribution in [3.8, 4) is 0 Å².